The molecular weight excluding hydrogens is 473 g/mol. The van der Waals surface area contributed by atoms with Crippen LogP contribution in [-0.2, 0) is 0 Å². The summed E-state index contributed by atoms with van der Waals surface area (Å²) in [6.07, 6.45) is 3.30. The van der Waals surface area contributed by atoms with Crippen molar-refractivity contribution in [2.24, 2.45) is 5.10 Å². The molecule has 1 N–H and O–H groups in total. The zero-order valence-corrected chi connectivity index (χ0v) is 19.5. The number of rotatable bonds is 5. The van der Waals surface area contributed by atoms with E-state index in [-0.39, 0.29) is 5.78 Å². The fourth-order valence-corrected chi connectivity index (χ4v) is 5.31. The lowest BCUT2D eigenvalue weighted by Crippen LogP contribution is -2.16. The van der Waals surface area contributed by atoms with Gasteiger partial charge in [0.15, 0.2) is 0 Å². The summed E-state index contributed by atoms with van der Waals surface area (Å²) in [4.78, 5) is 26.3. The molecule has 2 aromatic carbocycles. The van der Waals surface area contributed by atoms with Crippen molar-refractivity contribution in [1.82, 2.24) is 9.83 Å². The van der Waals surface area contributed by atoms with Gasteiger partial charge in [-0.05, 0) is 55.0 Å². The highest BCUT2D eigenvalue weighted by Crippen LogP contribution is 2.35. The summed E-state index contributed by atoms with van der Waals surface area (Å²) in [6, 6.07) is 18.5. The van der Waals surface area contributed by atoms with Gasteiger partial charge >= 0.3 is 0 Å². The van der Waals surface area contributed by atoms with Gasteiger partial charge in [0.05, 0.1) is 22.4 Å². The van der Waals surface area contributed by atoms with Crippen molar-refractivity contribution in [2.45, 2.75) is 6.92 Å². The van der Waals surface area contributed by atoms with Gasteiger partial charge < -0.3 is 4.40 Å². The molecule has 0 radical (unpaired) electrons. The smallest absolute Gasteiger partial charge is 0.283 e. The van der Waals surface area contributed by atoms with E-state index in [4.69, 9.17) is 11.6 Å². The monoisotopic (exact) mass is 489 g/mol. The minimum absolute atomic E-state index is 0.237. The molecule has 3 aromatic heterocycles. The van der Waals surface area contributed by atoms with Gasteiger partial charge in [0.25, 0.3) is 5.91 Å². The van der Waals surface area contributed by atoms with Crippen LogP contribution in [0.1, 0.15) is 36.9 Å². The van der Waals surface area contributed by atoms with E-state index in [0.717, 1.165) is 15.6 Å². The molecule has 1 amide bonds. The van der Waals surface area contributed by atoms with Gasteiger partial charge in [-0.1, -0.05) is 35.9 Å². The van der Waals surface area contributed by atoms with E-state index in [0.29, 0.717) is 32.3 Å². The number of aromatic nitrogens is 1. The second-order valence-electron chi connectivity index (χ2n) is 7.62. The van der Waals surface area contributed by atoms with Gasteiger partial charge in [0, 0.05) is 27.4 Å². The highest BCUT2D eigenvalue weighted by molar-refractivity contribution is 7.21. The normalized spacial score (nSPS) is 11.5. The number of hydrogen-bond donors (Lipinski definition) is 1. The van der Waals surface area contributed by atoms with Crippen molar-refractivity contribution in [1.29, 1.82) is 0 Å². The van der Waals surface area contributed by atoms with E-state index in [1.165, 1.54) is 41.8 Å². The number of hydrazone groups is 1. The molecule has 3 heterocycles. The molecule has 8 heteroatoms. The molecule has 0 spiro atoms. The van der Waals surface area contributed by atoms with Crippen molar-refractivity contribution < 1.29 is 14.0 Å². The number of carbonyl (C=O) groups excluding carboxylic acids is 2. The van der Waals surface area contributed by atoms with Crippen LogP contribution in [0.25, 0.3) is 15.6 Å². The van der Waals surface area contributed by atoms with E-state index < -0.39 is 11.7 Å². The minimum Gasteiger partial charge on any atom is -0.313 e. The molecule has 34 heavy (non-hydrogen) atoms. The second kappa shape index (κ2) is 8.85. The van der Waals surface area contributed by atoms with E-state index in [1.807, 2.05) is 49.4 Å². The third kappa shape index (κ3) is 3.79. The average molecular weight is 490 g/mol. The topological polar surface area (TPSA) is 62.9 Å². The summed E-state index contributed by atoms with van der Waals surface area (Å²) in [5.74, 6) is -1.05. The Morgan fingerprint density at radius 2 is 1.79 bits per heavy atom. The first-order chi connectivity index (χ1) is 16.5. The SMILES string of the molecule is Cc1c(C=NNC(=O)c2sc3ccccc3c2Cl)c2ccccn2c1C(=O)c1ccc(F)cc1. The molecule has 5 nitrogen and oxygen atoms in total. The Kier molecular flexibility index (Phi) is 5.73. The maximum Gasteiger partial charge on any atom is 0.283 e. The number of nitrogens with one attached hydrogen (secondary N) is 1. The van der Waals surface area contributed by atoms with Gasteiger partial charge in [-0.15, -0.1) is 11.3 Å². The largest absolute Gasteiger partial charge is 0.313 e. The van der Waals surface area contributed by atoms with Crippen molar-refractivity contribution >= 4 is 56.4 Å². The Labute approximate surface area is 203 Å². The van der Waals surface area contributed by atoms with E-state index in [9.17, 15) is 14.0 Å². The lowest BCUT2D eigenvalue weighted by Gasteiger charge is -2.04. The number of hydrogen-bond acceptors (Lipinski definition) is 4. The van der Waals surface area contributed by atoms with Gasteiger partial charge in [0.2, 0.25) is 5.78 Å². The number of pyridine rings is 1. The summed E-state index contributed by atoms with van der Waals surface area (Å²) >= 11 is 7.69. The van der Waals surface area contributed by atoms with Crippen LogP contribution in [0.15, 0.2) is 78.0 Å². The maximum atomic E-state index is 13.3. The zero-order chi connectivity index (χ0) is 23.8. The van der Waals surface area contributed by atoms with Crippen molar-refractivity contribution in [3.05, 3.63) is 111 Å². The summed E-state index contributed by atoms with van der Waals surface area (Å²) in [7, 11) is 0. The van der Waals surface area contributed by atoms with Crippen LogP contribution in [0.4, 0.5) is 4.39 Å². The Morgan fingerprint density at radius 1 is 1.06 bits per heavy atom. The molecule has 0 saturated carbocycles. The van der Waals surface area contributed by atoms with Crippen molar-refractivity contribution in [3.63, 3.8) is 0 Å². The quantitative estimate of drug-likeness (QED) is 0.180. The molecule has 0 bridgehead atoms. The Bertz CT molecular complexity index is 1600. The molecule has 5 rings (SSSR count). The number of thiophene rings is 1. The molecule has 0 fully saturated rings. The second-order valence-corrected chi connectivity index (χ2v) is 9.05. The number of benzene rings is 2. The summed E-state index contributed by atoms with van der Waals surface area (Å²) < 4.78 is 16.0. The molecule has 0 aliphatic rings. The maximum absolute atomic E-state index is 13.3. The lowest BCUT2D eigenvalue weighted by molar-refractivity contribution is 0.0958. The fraction of sp³-hybridized carbons (Fsp3) is 0.0385. The van der Waals surface area contributed by atoms with E-state index in [2.05, 4.69) is 10.5 Å². The Balaban J connectivity index is 1.47. The summed E-state index contributed by atoms with van der Waals surface area (Å²) in [5, 5.41) is 5.36. The van der Waals surface area contributed by atoms with E-state index in [1.54, 1.807) is 10.6 Å². The van der Waals surface area contributed by atoms with Crippen LogP contribution in [-0.4, -0.2) is 22.3 Å². The molecule has 5 aromatic rings. The van der Waals surface area contributed by atoms with Crippen molar-refractivity contribution in [2.75, 3.05) is 0 Å². The number of halogens is 2. The third-order valence-electron chi connectivity index (χ3n) is 5.56. The first-order valence-electron chi connectivity index (χ1n) is 10.4. The number of carbonyl (C=O) groups is 2. The van der Waals surface area contributed by atoms with Gasteiger partial charge in [-0.25, -0.2) is 9.82 Å². The number of amides is 1. The minimum atomic E-state index is -0.411. The molecule has 0 aliphatic carbocycles. The molecule has 0 atom stereocenters. The molecular formula is C26H17ClFN3O2S. The van der Waals surface area contributed by atoms with Crippen LogP contribution >= 0.6 is 22.9 Å². The zero-order valence-electron chi connectivity index (χ0n) is 17.9. The summed E-state index contributed by atoms with van der Waals surface area (Å²) in [6.45, 7) is 1.82. The molecule has 168 valence electrons. The van der Waals surface area contributed by atoms with Crippen LogP contribution in [0.2, 0.25) is 5.02 Å². The third-order valence-corrected chi connectivity index (χ3v) is 7.23. The molecule has 0 aliphatic heterocycles. The van der Waals surface area contributed by atoms with Crippen LogP contribution in [0.3, 0.4) is 0 Å². The first kappa shape index (κ1) is 22.0. The fourth-order valence-electron chi connectivity index (χ4n) is 3.90. The lowest BCUT2D eigenvalue weighted by atomic mass is 10.0. The van der Waals surface area contributed by atoms with Crippen LogP contribution in [0, 0.1) is 12.7 Å². The standard InChI is InChI=1S/C26H17ClFN3O2S/c1-15-19(14-29-30-26(33)25-22(27)18-6-2-3-8-21(18)34-25)20-7-4-5-13-31(20)23(15)24(32)16-9-11-17(28)12-10-16/h2-14H,1H3,(H,30,33). The highest BCUT2D eigenvalue weighted by atomic mass is 35.5. The van der Waals surface area contributed by atoms with Crippen LogP contribution < -0.4 is 5.43 Å². The molecule has 0 unspecified atom stereocenters. The van der Waals surface area contributed by atoms with Gasteiger partial charge in [-0.2, -0.15) is 5.10 Å². The van der Waals surface area contributed by atoms with Gasteiger partial charge in [0.1, 0.15) is 10.7 Å². The molecule has 0 saturated heterocycles. The predicted molar refractivity (Wildman–Crippen MR) is 134 cm³/mol. The Morgan fingerprint density at radius 3 is 2.56 bits per heavy atom. The average Bonchev–Trinajstić information content (AvgIpc) is 3.33. The summed E-state index contributed by atoms with van der Waals surface area (Å²) in [5.41, 5.74) is 5.50. The highest BCUT2D eigenvalue weighted by Gasteiger charge is 2.21. The first-order valence-corrected chi connectivity index (χ1v) is 11.6. The van der Waals surface area contributed by atoms with Gasteiger partial charge in [-0.3, -0.25) is 9.59 Å². The van der Waals surface area contributed by atoms with E-state index >= 15 is 0 Å². The number of fused-ring (bicyclic) bond motifs is 2. The van der Waals surface area contributed by atoms with Crippen molar-refractivity contribution in [3.8, 4) is 0 Å². The number of nitrogens with zero attached hydrogens (tertiary/aromatic N) is 2. The number of ketones is 1. The van der Waals surface area contributed by atoms with Crippen LogP contribution in [0.5, 0.6) is 0 Å². The predicted octanol–water partition coefficient (Wildman–Crippen LogP) is 6.25. The Hall–Kier alpha value is -3.81.